The number of halogens is 1. The number of nitrogens with one attached hydrogen (secondary N) is 2. The third-order valence-electron chi connectivity index (χ3n) is 7.33. The van der Waals surface area contributed by atoms with Crippen LogP contribution in [0.1, 0.15) is 95.3 Å². The Morgan fingerprint density at radius 2 is 1.62 bits per heavy atom. The SMILES string of the molecule is C#CCNC(=O)CCCCCNC(=O)OC(CCCC(=O)CCCCC(=O)ON1C(=O)CCC1=O)c1ccc2ccc(O)c(Br)c2n1. The Hall–Kier alpha value is -4.51. The van der Waals surface area contributed by atoms with Gasteiger partial charge in [-0.15, -0.1) is 11.5 Å². The van der Waals surface area contributed by atoms with Crippen molar-refractivity contribution in [2.45, 2.75) is 89.6 Å². The molecule has 2 aromatic rings. The molecule has 2 heterocycles. The summed E-state index contributed by atoms with van der Waals surface area (Å²) in [5.74, 6) is 0.428. The maximum atomic E-state index is 12.7. The van der Waals surface area contributed by atoms with Gasteiger partial charge in [-0.25, -0.2) is 14.6 Å². The molecule has 0 bridgehead atoms. The van der Waals surface area contributed by atoms with Gasteiger partial charge < -0.3 is 25.3 Å². The van der Waals surface area contributed by atoms with Crippen molar-refractivity contribution in [1.29, 1.82) is 0 Å². The number of nitrogens with zero attached hydrogens (tertiary/aromatic N) is 2. The van der Waals surface area contributed by atoms with E-state index in [0.29, 0.717) is 72.2 Å². The predicted molar refractivity (Wildman–Crippen MR) is 173 cm³/mol. The Balaban J connectivity index is 1.47. The lowest BCUT2D eigenvalue weighted by Gasteiger charge is -2.19. The minimum Gasteiger partial charge on any atom is -0.507 e. The molecule has 1 unspecified atom stereocenters. The number of ether oxygens (including phenoxy) is 1. The van der Waals surface area contributed by atoms with Gasteiger partial charge in [-0.3, -0.25) is 19.2 Å². The smallest absolute Gasteiger partial charge is 0.407 e. The average Bonchev–Trinajstić information content (AvgIpc) is 3.36. The van der Waals surface area contributed by atoms with Crippen LogP contribution in [0.3, 0.4) is 0 Å². The topological polar surface area (TPSA) is 181 Å². The van der Waals surface area contributed by atoms with Crippen LogP contribution >= 0.6 is 15.9 Å². The van der Waals surface area contributed by atoms with Crippen molar-refractivity contribution >= 4 is 62.4 Å². The lowest BCUT2D eigenvalue weighted by molar-refractivity contribution is -0.197. The number of imide groups is 1. The predicted octanol–water partition coefficient (Wildman–Crippen LogP) is 4.69. The standard InChI is InChI=1S/C33H39BrN4O9/c1-2-20-35-27(41)12-4-3-7-21-36-33(45)46-26(24-16-14-22-15-17-25(40)31(34)32(22)37-24)11-8-10-23(39)9-5-6-13-30(44)47-38-28(42)18-19-29(38)43/h1,14-17,26,40H,3-13,18-21H2,(H,35,41)(H,36,45). The summed E-state index contributed by atoms with van der Waals surface area (Å²) in [4.78, 5) is 81.4. The van der Waals surface area contributed by atoms with Crippen molar-refractivity contribution in [2.75, 3.05) is 13.1 Å². The van der Waals surface area contributed by atoms with E-state index >= 15 is 0 Å². The maximum Gasteiger partial charge on any atom is 0.407 e. The van der Waals surface area contributed by atoms with Crippen LogP contribution in [0, 0.1) is 12.3 Å². The number of carbonyl (C=O) groups excluding carboxylic acids is 6. The van der Waals surface area contributed by atoms with Gasteiger partial charge in [0.2, 0.25) is 5.91 Å². The molecule has 252 valence electrons. The monoisotopic (exact) mass is 714 g/mol. The van der Waals surface area contributed by atoms with E-state index in [9.17, 15) is 33.9 Å². The number of aromatic hydroxyl groups is 1. The fraction of sp³-hybridized carbons (Fsp3) is 0.485. The first-order chi connectivity index (χ1) is 22.6. The van der Waals surface area contributed by atoms with Gasteiger partial charge in [0, 0.05) is 50.5 Å². The van der Waals surface area contributed by atoms with E-state index in [4.69, 9.17) is 16.0 Å². The second-order valence-corrected chi connectivity index (χ2v) is 11.8. The third-order valence-corrected chi connectivity index (χ3v) is 8.11. The number of pyridine rings is 1. The van der Waals surface area contributed by atoms with Gasteiger partial charge in [-0.2, -0.15) is 0 Å². The molecule has 14 heteroatoms. The zero-order valence-corrected chi connectivity index (χ0v) is 27.6. The number of benzene rings is 1. The summed E-state index contributed by atoms with van der Waals surface area (Å²) in [7, 11) is 0. The highest BCUT2D eigenvalue weighted by Gasteiger charge is 2.32. The van der Waals surface area contributed by atoms with Gasteiger partial charge >= 0.3 is 12.1 Å². The summed E-state index contributed by atoms with van der Waals surface area (Å²) < 4.78 is 6.14. The quantitative estimate of drug-likeness (QED) is 0.105. The molecule has 1 aliphatic rings. The summed E-state index contributed by atoms with van der Waals surface area (Å²) in [5.41, 5.74) is 0.953. The lowest BCUT2D eigenvalue weighted by Crippen LogP contribution is -2.31. The van der Waals surface area contributed by atoms with Crippen LogP contribution in [0.4, 0.5) is 4.79 Å². The number of aromatic nitrogens is 1. The number of alkyl carbamates (subject to hydrolysis) is 1. The molecule has 0 aliphatic carbocycles. The molecule has 3 N–H and O–H groups in total. The molecule has 4 amide bonds. The molecule has 13 nitrogen and oxygen atoms in total. The molecule has 0 saturated carbocycles. The first-order valence-electron chi connectivity index (χ1n) is 15.6. The van der Waals surface area contributed by atoms with Crippen LogP contribution in [0.5, 0.6) is 5.75 Å². The average molecular weight is 716 g/mol. The van der Waals surface area contributed by atoms with Gasteiger partial charge in [0.1, 0.15) is 17.6 Å². The summed E-state index contributed by atoms with van der Waals surface area (Å²) in [6, 6.07) is 6.81. The molecule has 47 heavy (non-hydrogen) atoms. The number of fused-ring (bicyclic) bond motifs is 1. The zero-order chi connectivity index (χ0) is 34.2. The number of hydrogen-bond acceptors (Lipinski definition) is 10. The summed E-state index contributed by atoms with van der Waals surface area (Å²) >= 11 is 3.36. The van der Waals surface area contributed by atoms with Crippen molar-refractivity contribution in [3.8, 4) is 18.1 Å². The minimum atomic E-state index is -0.771. The molecule has 1 atom stereocenters. The lowest BCUT2D eigenvalue weighted by atomic mass is 10.0. The molecule has 1 aromatic heterocycles. The zero-order valence-electron chi connectivity index (χ0n) is 26.1. The van der Waals surface area contributed by atoms with E-state index in [1.54, 1.807) is 18.2 Å². The Morgan fingerprint density at radius 3 is 2.36 bits per heavy atom. The highest BCUT2D eigenvalue weighted by molar-refractivity contribution is 9.10. The number of hydroxylamine groups is 2. The molecule has 0 spiro atoms. The number of phenols is 1. The highest BCUT2D eigenvalue weighted by atomic mass is 79.9. The molecule has 1 aliphatic heterocycles. The molecule has 3 rings (SSSR count). The largest absolute Gasteiger partial charge is 0.507 e. The van der Waals surface area contributed by atoms with Crippen LogP contribution in [-0.2, 0) is 33.5 Å². The number of phenolic OH excluding ortho intramolecular Hbond substituents is 1. The molecule has 0 radical (unpaired) electrons. The Bertz CT molecular complexity index is 1490. The number of terminal acetylenes is 1. The van der Waals surface area contributed by atoms with Gasteiger partial charge in [0.15, 0.2) is 0 Å². The second kappa shape index (κ2) is 19.2. The minimum absolute atomic E-state index is 0.0165. The van der Waals surface area contributed by atoms with Crippen molar-refractivity contribution in [2.24, 2.45) is 0 Å². The molecule has 1 saturated heterocycles. The molecular weight excluding hydrogens is 676 g/mol. The van der Waals surface area contributed by atoms with E-state index in [2.05, 4.69) is 37.5 Å². The number of unbranched alkanes of at least 4 members (excludes halogenated alkanes) is 3. The van der Waals surface area contributed by atoms with Gasteiger partial charge in [0.05, 0.1) is 22.2 Å². The number of amides is 4. The first-order valence-corrected chi connectivity index (χ1v) is 16.4. The van der Waals surface area contributed by atoms with Gasteiger partial charge in [-0.1, -0.05) is 18.4 Å². The normalized spacial score (nSPS) is 13.2. The van der Waals surface area contributed by atoms with Crippen LogP contribution in [0.2, 0.25) is 0 Å². The van der Waals surface area contributed by atoms with Crippen molar-refractivity contribution < 1.29 is 43.4 Å². The third kappa shape index (κ3) is 12.3. The van der Waals surface area contributed by atoms with Crippen LogP contribution in [0.15, 0.2) is 28.7 Å². The van der Waals surface area contributed by atoms with E-state index in [1.165, 1.54) is 0 Å². The number of ketones is 1. The van der Waals surface area contributed by atoms with Gasteiger partial charge in [-0.05, 0) is 72.7 Å². The highest BCUT2D eigenvalue weighted by Crippen LogP contribution is 2.33. The maximum absolute atomic E-state index is 12.7. The number of hydrogen-bond donors (Lipinski definition) is 3. The van der Waals surface area contributed by atoms with Crippen molar-refractivity contribution in [3.05, 3.63) is 34.4 Å². The number of Topliss-reactive ketones (excluding diaryl/α,β-unsaturated/α-hetero) is 1. The van der Waals surface area contributed by atoms with Crippen LogP contribution < -0.4 is 10.6 Å². The van der Waals surface area contributed by atoms with E-state index in [1.807, 2.05) is 6.07 Å². The molecular formula is C33H39BrN4O9. The molecule has 1 aromatic carbocycles. The van der Waals surface area contributed by atoms with Crippen LogP contribution in [-0.4, -0.2) is 63.8 Å². The fourth-order valence-corrected chi connectivity index (χ4v) is 5.25. The number of rotatable bonds is 19. The Morgan fingerprint density at radius 1 is 0.936 bits per heavy atom. The van der Waals surface area contributed by atoms with Crippen LogP contribution in [0.25, 0.3) is 10.9 Å². The molecule has 1 fully saturated rings. The summed E-state index contributed by atoms with van der Waals surface area (Å²) in [6.45, 7) is 0.539. The summed E-state index contributed by atoms with van der Waals surface area (Å²) in [6.07, 6.45) is 8.03. The summed E-state index contributed by atoms with van der Waals surface area (Å²) in [5, 5.41) is 16.7. The van der Waals surface area contributed by atoms with E-state index in [-0.39, 0.29) is 56.1 Å². The Kier molecular flexibility index (Phi) is 15.1. The van der Waals surface area contributed by atoms with E-state index < -0.39 is 30.0 Å². The van der Waals surface area contributed by atoms with Gasteiger partial charge in [0.25, 0.3) is 11.8 Å². The fourth-order valence-electron chi connectivity index (χ4n) is 4.80. The number of carbonyl (C=O) groups is 6. The Labute approximate surface area is 281 Å². The van der Waals surface area contributed by atoms with E-state index in [0.717, 1.165) is 11.8 Å². The second-order valence-electron chi connectivity index (χ2n) is 11.0. The first kappa shape index (κ1) is 37.0. The van der Waals surface area contributed by atoms with Crippen molar-refractivity contribution in [1.82, 2.24) is 20.7 Å². The van der Waals surface area contributed by atoms with Crippen molar-refractivity contribution in [3.63, 3.8) is 0 Å².